The summed E-state index contributed by atoms with van der Waals surface area (Å²) in [6, 6.07) is 10.1. The fraction of sp³-hybridized carbons (Fsp3) is 0.0909. The summed E-state index contributed by atoms with van der Waals surface area (Å²) < 4.78 is 0. The van der Waals surface area contributed by atoms with Gasteiger partial charge in [-0.05, 0) is 19.1 Å². The van der Waals surface area contributed by atoms with Crippen molar-refractivity contribution in [1.82, 2.24) is 0 Å². The van der Waals surface area contributed by atoms with Gasteiger partial charge in [0, 0.05) is 18.1 Å². The molecule has 0 atom stereocenters. The van der Waals surface area contributed by atoms with Crippen LogP contribution in [0.15, 0.2) is 55.4 Å². The average molecular weight is 159 g/mol. The van der Waals surface area contributed by atoms with Gasteiger partial charge in [-0.25, -0.2) is 0 Å². The normalized spacial score (nSPS) is 10.1. The minimum Gasteiger partial charge on any atom is -0.325 e. The van der Waals surface area contributed by atoms with Gasteiger partial charge in [0.2, 0.25) is 0 Å². The zero-order valence-electron chi connectivity index (χ0n) is 7.27. The fourth-order valence-corrected chi connectivity index (χ4v) is 1.01. The second kappa shape index (κ2) is 4.39. The first-order valence-corrected chi connectivity index (χ1v) is 3.97. The molecule has 0 unspecified atom stereocenters. The number of nitrogens with zero attached hydrogens (tertiary/aromatic N) is 1. The molecular weight excluding hydrogens is 146 g/mol. The van der Waals surface area contributed by atoms with Gasteiger partial charge in [0.05, 0.1) is 0 Å². The van der Waals surface area contributed by atoms with Crippen LogP contribution in [0.3, 0.4) is 0 Å². The molecule has 1 rings (SSSR count). The van der Waals surface area contributed by atoms with E-state index in [1.807, 2.05) is 54.4 Å². The van der Waals surface area contributed by atoms with Crippen LogP contribution in [0.5, 0.6) is 0 Å². The lowest BCUT2D eigenvalue weighted by molar-refractivity contribution is 1.28. The SMILES string of the molecule is C=CN(/C=C\C)c1ccccc1. The number of para-hydroxylation sites is 1. The third-order valence-electron chi connectivity index (χ3n) is 1.56. The van der Waals surface area contributed by atoms with Gasteiger partial charge in [0.1, 0.15) is 0 Å². The van der Waals surface area contributed by atoms with E-state index in [4.69, 9.17) is 0 Å². The molecule has 0 bridgehead atoms. The number of hydrogen-bond donors (Lipinski definition) is 0. The highest BCUT2D eigenvalue weighted by molar-refractivity contribution is 5.51. The van der Waals surface area contributed by atoms with E-state index in [-0.39, 0.29) is 0 Å². The summed E-state index contributed by atoms with van der Waals surface area (Å²) in [5, 5.41) is 0. The average Bonchev–Trinajstić information content (AvgIpc) is 2.15. The van der Waals surface area contributed by atoms with Gasteiger partial charge in [0.15, 0.2) is 0 Å². The molecule has 0 aliphatic heterocycles. The molecule has 0 amide bonds. The highest BCUT2D eigenvalue weighted by Gasteiger charge is 1.93. The second-order valence-electron chi connectivity index (χ2n) is 2.41. The van der Waals surface area contributed by atoms with Crippen LogP contribution in [0.1, 0.15) is 6.92 Å². The molecule has 0 saturated heterocycles. The number of anilines is 1. The number of allylic oxidation sites excluding steroid dienone is 1. The van der Waals surface area contributed by atoms with Gasteiger partial charge in [-0.1, -0.05) is 30.9 Å². The Morgan fingerprint density at radius 2 is 1.92 bits per heavy atom. The van der Waals surface area contributed by atoms with E-state index in [0.29, 0.717) is 0 Å². The van der Waals surface area contributed by atoms with Gasteiger partial charge < -0.3 is 4.90 Å². The van der Waals surface area contributed by atoms with Crippen molar-refractivity contribution >= 4 is 5.69 Å². The lowest BCUT2D eigenvalue weighted by Crippen LogP contribution is -2.04. The third kappa shape index (κ3) is 1.99. The largest absolute Gasteiger partial charge is 0.325 e. The van der Waals surface area contributed by atoms with Crippen molar-refractivity contribution in [1.29, 1.82) is 0 Å². The predicted molar refractivity (Wildman–Crippen MR) is 53.9 cm³/mol. The Balaban J connectivity index is 2.87. The van der Waals surface area contributed by atoms with Crippen LogP contribution in [0, 0.1) is 0 Å². The van der Waals surface area contributed by atoms with Gasteiger partial charge in [0.25, 0.3) is 0 Å². The van der Waals surface area contributed by atoms with Crippen molar-refractivity contribution in [3.8, 4) is 0 Å². The third-order valence-corrected chi connectivity index (χ3v) is 1.56. The second-order valence-corrected chi connectivity index (χ2v) is 2.41. The van der Waals surface area contributed by atoms with Gasteiger partial charge >= 0.3 is 0 Å². The maximum atomic E-state index is 3.73. The number of rotatable bonds is 3. The van der Waals surface area contributed by atoms with Crippen molar-refractivity contribution in [2.24, 2.45) is 0 Å². The Hall–Kier alpha value is -1.50. The highest BCUT2D eigenvalue weighted by atomic mass is 15.1. The summed E-state index contributed by atoms with van der Waals surface area (Å²) in [6.07, 6.45) is 5.74. The van der Waals surface area contributed by atoms with Crippen molar-refractivity contribution in [3.63, 3.8) is 0 Å². The molecule has 0 fully saturated rings. The summed E-state index contributed by atoms with van der Waals surface area (Å²) >= 11 is 0. The smallest absolute Gasteiger partial charge is 0.0448 e. The van der Waals surface area contributed by atoms with E-state index < -0.39 is 0 Å². The first kappa shape index (κ1) is 8.60. The van der Waals surface area contributed by atoms with E-state index in [9.17, 15) is 0 Å². The Kier molecular flexibility index (Phi) is 3.15. The first-order chi connectivity index (χ1) is 5.88. The molecule has 0 radical (unpaired) electrons. The topological polar surface area (TPSA) is 3.24 Å². The highest BCUT2D eigenvalue weighted by Crippen LogP contribution is 2.13. The Labute approximate surface area is 73.6 Å². The van der Waals surface area contributed by atoms with E-state index in [1.54, 1.807) is 6.20 Å². The van der Waals surface area contributed by atoms with Crippen LogP contribution < -0.4 is 4.90 Å². The molecule has 12 heavy (non-hydrogen) atoms. The van der Waals surface area contributed by atoms with E-state index in [2.05, 4.69) is 6.58 Å². The zero-order valence-corrected chi connectivity index (χ0v) is 7.27. The minimum atomic E-state index is 1.13. The van der Waals surface area contributed by atoms with Crippen LogP contribution in [-0.4, -0.2) is 0 Å². The van der Waals surface area contributed by atoms with Gasteiger partial charge in [-0.2, -0.15) is 0 Å². The summed E-state index contributed by atoms with van der Waals surface area (Å²) in [7, 11) is 0. The molecule has 0 aromatic heterocycles. The zero-order chi connectivity index (χ0) is 8.81. The summed E-state index contributed by atoms with van der Waals surface area (Å²) in [5.74, 6) is 0. The molecule has 0 aliphatic rings. The molecule has 0 aliphatic carbocycles. The molecule has 1 heteroatoms. The van der Waals surface area contributed by atoms with E-state index >= 15 is 0 Å². The van der Waals surface area contributed by atoms with Crippen LogP contribution in [0.2, 0.25) is 0 Å². The molecule has 62 valence electrons. The fourth-order valence-electron chi connectivity index (χ4n) is 1.01. The van der Waals surface area contributed by atoms with Crippen LogP contribution in [-0.2, 0) is 0 Å². The Morgan fingerprint density at radius 3 is 2.42 bits per heavy atom. The maximum absolute atomic E-state index is 3.73. The molecule has 1 aromatic rings. The molecule has 1 aromatic carbocycles. The number of hydrogen-bond acceptors (Lipinski definition) is 1. The summed E-state index contributed by atoms with van der Waals surface area (Å²) in [5.41, 5.74) is 1.13. The monoisotopic (exact) mass is 159 g/mol. The van der Waals surface area contributed by atoms with E-state index in [0.717, 1.165) is 5.69 Å². The quantitative estimate of drug-likeness (QED) is 0.654. The number of benzene rings is 1. The lowest BCUT2D eigenvalue weighted by atomic mass is 10.3. The maximum Gasteiger partial charge on any atom is 0.0448 e. The molecule has 1 nitrogen and oxygen atoms in total. The molecule has 0 N–H and O–H groups in total. The van der Waals surface area contributed by atoms with Crippen molar-refractivity contribution in [2.75, 3.05) is 4.90 Å². The molecule has 0 spiro atoms. The van der Waals surface area contributed by atoms with Crippen molar-refractivity contribution in [2.45, 2.75) is 6.92 Å². The van der Waals surface area contributed by atoms with Gasteiger partial charge in [-0.3, -0.25) is 0 Å². The van der Waals surface area contributed by atoms with Gasteiger partial charge in [-0.15, -0.1) is 0 Å². The van der Waals surface area contributed by atoms with Crippen LogP contribution in [0.25, 0.3) is 0 Å². The Morgan fingerprint density at radius 1 is 1.25 bits per heavy atom. The first-order valence-electron chi connectivity index (χ1n) is 3.97. The lowest BCUT2D eigenvalue weighted by Gasteiger charge is -2.13. The minimum absolute atomic E-state index is 1.13. The van der Waals surface area contributed by atoms with Crippen LogP contribution in [0.4, 0.5) is 5.69 Å². The Bertz CT molecular complexity index is 262. The summed E-state index contributed by atoms with van der Waals surface area (Å²) in [6.45, 7) is 5.72. The van der Waals surface area contributed by atoms with Crippen LogP contribution >= 0.6 is 0 Å². The van der Waals surface area contributed by atoms with E-state index in [1.165, 1.54) is 0 Å². The summed E-state index contributed by atoms with van der Waals surface area (Å²) in [4.78, 5) is 1.97. The molecular formula is C11H13N. The standard InChI is InChI=1S/C11H13N/c1-3-10-12(4-2)11-8-6-5-7-9-11/h3-10H,2H2,1H3/b10-3-. The molecule has 0 saturated carbocycles. The van der Waals surface area contributed by atoms with Crippen molar-refractivity contribution < 1.29 is 0 Å². The predicted octanol–water partition coefficient (Wildman–Crippen LogP) is 3.17. The van der Waals surface area contributed by atoms with Crippen molar-refractivity contribution in [3.05, 3.63) is 55.4 Å². The molecule has 0 heterocycles.